The maximum atomic E-state index is 12.3. The summed E-state index contributed by atoms with van der Waals surface area (Å²) in [6.07, 6.45) is 8.18. The van der Waals surface area contributed by atoms with Crippen molar-refractivity contribution in [1.82, 2.24) is 9.80 Å². The third-order valence-electron chi connectivity index (χ3n) is 4.26. The first-order chi connectivity index (χ1) is 8.81. The lowest BCUT2D eigenvalue weighted by Crippen LogP contribution is -2.48. The molecule has 2 saturated heterocycles. The number of carbonyl (C=O) groups is 1. The van der Waals surface area contributed by atoms with Crippen LogP contribution in [0.3, 0.4) is 0 Å². The lowest BCUT2D eigenvalue weighted by Gasteiger charge is -2.35. The summed E-state index contributed by atoms with van der Waals surface area (Å²) < 4.78 is 0. The van der Waals surface area contributed by atoms with Crippen molar-refractivity contribution in [3.8, 4) is 0 Å². The normalized spacial score (nSPS) is 26.9. The van der Waals surface area contributed by atoms with E-state index in [1.807, 2.05) is 4.90 Å². The van der Waals surface area contributed by atoms with Gasteiger partial charge in [0.15, 0.2) is 0 Å². The number of rotatable bonds is 3. The summed E-state index contributed by atoms with van der Waals surface area (Å²) in [4.78, 5) is 16.5. The van der Waals surface area contributed by atoms with Crippen molar-refractivity contribution in [2.75, 3.05) is 32.8 Å². The summed E-state index contributed by atoms with van der Waals surface area (Å²) in [6.45, 7) is 3.51. The monoisotopic (exact) mass is 254 g/mol. The summed E-state index contributed by atoms with van der Waals surface area (Å²) in [7, 11) is 0. The second-order valence-corrected chi connectivity index (χ2v) is 5.60. The fourth-order valence-electron chi connectivity index (χ4n) is 3.07. The molecule has 2 aliphatic rings. The van der Waals surface area contributed by atoms with E-state index < -0.39 is 0 Å². The molecular formula is C14H26N2O2. The second kappa shape index (κ2) is 7.10. The highest BCUT2D eigenvalue weighted by molar-refractivity contribution is 5.78. The van der Waals surface area contributed by atoms with Crippen LogP contribution >= 0.6 is 0 Å². The van der Waals surface area contributed by atoms with Crippen LogP contribution in [0.1, 0.15) is 44.9 Å². The van der Waals surface area contributed by atoms with Gasteiger partial charge in [0.2, 0.25) is 5.91 Å². The molecule has 18 heavy (non-hydrogen) atoms. The minimum Gasteiger partial charge on any atom is -0.395 e. The number of likely N-dealkylation sites (tertiary alicyclic amines) is 2. The highest BCUT2D eigenvalue weighted by Gasteiger charge is 2.25. The standard InChI is InChI=1S/C14H26N2O2/c17-12-13-7-3-6-10-16(13)11-14(18)15-8-4-1-2-5-9-15/h13,17H,1-12H2. The lowest BCUT2D eigenvalue weighted by atomic mass is 10.0. The van der Waals surface area contributed by atoms with Crippen LogP contribution in [0, 0.1) is 0 Å². The Morgan fingerprint density at radius 2 is 1.67 bits per heavy atom. The Labute approximate surface area is 110 Å². The molecule has 1 atom stereocenters. The average Bonchev–Trinajstić information content (AvgIpc) is 2.68. The summed E-state index contributed by atoms with van der Waals surface area (Å²) in [5.41, 5.74) is 0. The number of hydrogen-bond acceptors (Lipinski definition) is 3. The van der Waals surface area contributed by atoms with Crippen molar-refractivity contribution < 1.29 is 9.90 Å². The van der Waals surface area contributed by atoms with Crippen LogP contribution in [-0.4, -0.2) is 59.6 Å². The summed E-state index contributed by atoms with van der Waals surface area (Å²) >= 11 is 0. The van der Waals surface area contributed by atoms with Crippen LogP contribution in [0.25, 0.3) is 0 Å². The van der Waals surface area contributed by atoms with Crippen molar-refractivity contribution in [2.45, 2.75) is 51.0 Å². The third kappa shape index (κ3) is 3.69. The van der Waals surface area contributed by atoms with Crippen LogP contribution < -0.4 is 0 Å². The van der Waals surface area contributed by atoms with E-state index in [2.05, 4.69) is 4.90 Å². The van der Waals surface area contributed by atoms with Crippen LogP contribution in [0.5, 0.6) is 0 Å². The largest absolute Gasteiger partial charge is 0.395 e. The Bertz CT molecular complexity index is 263. The Balaban J connectivity index is 1.84. The minimum atomic E-state index is 0.188. The smallest absolute Gasteiger partial charge is 0.236 e. The van der Waals surface area contributed by atoms with E-state index in [1.54, 1.807) is 0 Å². The zero-order valence-electron chi connectivity index (χ0n) is 11.3. The molecule has 1 N–H and O–H groups in total. The summed E-state index contributed by atoms with van der Waals surface area (Å²) in [5, 5.41) is 9.36. The molecule has 0 spiro atoms. The van der Waals surface area contributed by atoms with Crippen molar-refractivity contribution in [3.63, 3.8) is 0 Å². The molecular weight excluding hydrogens is 228 g/mol. The van der Waals surface area contributed by atoms with Gasteiger partial charge in [-0.3, -0.25) is 9.69 Å². The van der Waals surface area contributed by atoms with Crippen molar-refractivity contribution in [3.05, 3.63) is 0 Å². The molecule has 2 aliphatic heterocycles. The number of aliphatic hydroxyl groups is 1. The molecule has 0 bridgehead atoms. The Morgan fingerprint density at radius 1 is 1.00 bits per heavy atom. The molecule has 0 aromatic rings. The maximum absolute atomic E-state index is 12.3. The van der Waals surface area contributed by atoms with Gasteiger partial charge in [0.05, 0.1) is 13.2 Å². The van der Waals surface area contributed by atoms with Gasteiger partial charge in [-0.1, -0.05) is 19.3 Å². The van der Waals surface area contributed by atoms with Gasteiger partial charge >= 0.3 is 0 Å². The number of aliphatic hydroxyl groups excluding tert-OH is 1. The molecule has 4 nitrogen and oxygen atoms in total. The molecule has 0 aromatic carbocycles. The van der Waals surface area contributed by atoms with E-state index in [4.69, 9.17) is 0 Å². The third-order valence-corrected chi connectivity index (χ3v) is 4.26. The van der Waals surface area contributed by atoms with Crippen LogP contribution in [0.2, 0.25) is 0 Å². The van der Waals surface area contributed by atoms with E-state index >= 15 is 0 Å². The number of hydrogen-bond donors (Lipinski definition) is 1. The number of piperidine rings is 1. The second-order valence-electron chi connectivity index (χ2n) is 5.60. The van der Waals surface area contributed by atoms with E-state index in [0.717, 1.165) is 45.3 Å². The Hall–Kier alpha value is -0.610. The van der Waals surface area contributed by atoms with Gasteiger partial charge in [0.1, 0.15) is 0 Å². The van der Waals surface area contributed by atoms with Gasteiger partial charge in [-0.25, -0.2) is 0 Å². The Morgan fingerprint density at radius 3 is 2.33 bits per heavy atom. The first-order valence-electron chi connectivity index (χ1n) is 7.44. The van der Waals surface area contributed by atoms with Gasteiger partial charge in [0, 0.05) is 19.1 Å². The molecule has 0 aromatic heterocycles. The lowest BCUT2D eigenvalue weighted by molar-refractivity contribution is -0.133. The Kier molecular flexibility index (Phi) is 5.45. The van der Waals surface area contributed by atoms with Gasteiger partial charge in [0.25, 0.3) is 0 Å². The molecule has 0 radical (unpaired) electrons. The topological polar surface area (TPSA) is 43.8 Å². The summed E-state index contributed by atoms with van der Waals surface area (Å²) in [6, 6.07) is 0.203. The molecule has 104 valence electrons. The number of carbonyl (C=O) groups excluding carboxylic acids is 1. The zero-order chi connectivity index (χ0) is 12.8. The van der Waals surface area contributed by atoms with Crippen molar-refractivity contribution >= 4 is 5.91 Å². The number of amides is 1. The van der Waals surface area contributed by atoms with E-state index in [1.165, 1.54) is 19.3 Å². The van der Waals surface area contributed by atoms with Gasteiger partial charge in [-0.2, -0.15) is 0 Å². The van der Waals surface area contributed by atoms with Gasteiger partial charge in [-0.05, 0) is 32.2 Å². The quantitative estimate of drug-likeness (QED) is 0.824. The molecule has 0 saturated carbocycles. The first kappa shape index (κ1) is 13.8. The molecule has 2 fully saturated rings. The van der Waals surface area contributed by atoms with Crippen LogP contribution in [0.4, 0.5) is 0 Å². The average molecular weight is 254 g/mol. The number of nitrogens with zero attached hydrogens (tertiary/aromatic N) is 2. The van der Waals surface area contributed by atoms with Gasteiger partial charge in [-0.15, -0.1) is 0 Å². The zero-order valence-corrected chi connectivity index (χ0v) is 11.3. The highest BCUT2D eigenvalue weighted by atomic mass is 16.3. The molecule has 1 unspecified atom stereocenters. The van der Waals surface area contributed by atoms with E-state index in [9.17, 15) is 9.90 Å². The molecule has 2 rings (SSSR count). The van der Waals surface area contributed by atoms with Gasteiger partial charge < -0.3 is 10.0 Å². The maximum Gasteiger partial charge on any atom is 0.236 e. The molecule has 4 heteroatoms. The van der Waals surface area contributed by atoms with E-state index in [-0.39, 0.29) is 18.6 Å². The molecule has 1 amide bonds. The van der Waals surface area contributed by atoms with Crippen molar-refractivity contribution in [1.29, 1.82) is 0 Å². The first-order valence-corrected chi connectivity index (χ1v) is 7.44. The molecule has 0 aliphatic carbocycles. The fourth-order valence-corrected chi connectivity index (χ4v) is 3.07. The molecule has 2 heterocycles. The SMILES string of the molecule is O=C(CN1CCCCC1CO)N1CCCCCC1. The minimum absolute atomic E-state index is 0.188. The van der Waals surface area contributed by atoms with Crippen LogP contribution in [0.15, 0.2) is 0 Å². The highest BCUT2D eigenvalue weighted by Crippen LogP contribution is 2.17. The van der Waals surface area contributed by atoms with Crippen molar-refractivity contribution in [2.24, 2.45) is 0 Å². The predicted molar refractivity (Wildman–Crippen MR) is 71.3 cm³/mol. The summed E-state index contributed by atoms with van der Waals surface area (Å²) in [5.74, 6) is 0.261. The van der Waals surface area contributed by atoms with E-state index in [0.29, 0.717) is 6.54 Å². The van der Waals surface area contributed by atoms with Crippen LogP contribution in [-0.2, 0) is 4.79 Å². The predicted octanol–water partition coefficient (Wildman–Crippen LogP) is 1.24. The fraction of sp³-hybridized carbons (Fsp3) is 0.929.